The van der Waals surface area contributed by atoms with Gasteiger partial charge in [-0.15, -0.1) is 0 Å². The quantitative estimate of drug-likeness (QED) is 0.0876. The largest absolute Gasteiger partial charge is 2.00 e. The Balaban J connectivity index is -0.0000000937. The van der Waals surface area contributed by atoms with Crippen molar-refractivity contribution < 1.29 is 108 Å². The first-order chi connectivity index (χ1) is 17.8. The Bertz CT molecular complexity index is 1270. The molecule has 16 nitrogen and oxygen atoms in total. The van der Waals surface area contributed by atoms with Crippen LogP contribution < -0.4 is 30.8 Å². The molecule has 47 heavy (non-hydrogen) atoms. The number of alkyl halides is 9. The minimum atomic E-state index is -6.09. The first-order valence-electron chi connectivity index (χ1n) is 10.4. The smallest absolute Gasteiger partial charge is 0.741 e. The Morgan fingerprint density at radius 1 is 0.745 bits per heavy atom. The molecule has 16 N–H and O–H groups in total. The van der Waals surface area contributed by atoms with Gasteiger partial charge in [-0.3, -0.25) is 4.42 Å². The van der Waals surface area contributed by atoms with Gasteiger partial charge >= 0.3 is 42.1 Å². The fraction of sp³-hybridized carbons (Fsp3) is 0.722. The molecule has 2 saturated carbocycles. The Morgan fingerprint density at radius 3 is 1.34 bits per heavy atom. The molecule has 0 aromatic heterocycles. The molecule has 0 saturated heterocycles. The molecule has 2 bridgehead atoms. The normalized spacial score (nSPS) is 24.0. The molecule has 3 rings (SSSR count). The molecule has 288 valence electrons. The third kappa shape index (κ3) is 17.7. The predicted octanol–water partition coefficient (Wildman–Crippen LogP) is 3.51. The van der Waals surface area contributed by atoms with Crippen molar-refractivity contribution in [3.05, 3.63) is 23.8 Å². The van der Waals surface area contributed by atoms with Crippen LogP contribution in [0.5, 0.6) is 0 Å². The molecule has 0 spiro atoms. The van der Waals surface area contributed by atoms with Crippen molar-refractivity contribution in [1.82, 2.24) is 30.8 Å². The molecule has 0 amide bonds. The van der Waals surface area contributed by atoms with Gasteiger partial charge in [0, 0.05) is 23.5 Å². The van der Waals surface area contributed by atoms with Crippen LogP contribution in [0.1, 0.15) is 39.0 Å². The van der Waals surface area contributed by atoms with Crippen LogP contribution in [-0.4, -0.2) is 79.0 Å². The number of halogens is 9. The summed E-state index contributed by atoms with van der Waals surface area (Å²) >= 11 is 0. The predicted molar refractivity (Wildman–Crippen MR) is 140 cm³/mol. The number of rotatable bonds is 0. The summed E-state index contributed by atoms with van der Waals surface area (Å²) in [6, 6.07) is 0. The molecule has 3 aliphatic carbocycles. The Kier molecular flexibility index (Phi) is 26.4. The van der Waals surface area contributed by atoms with Crippen LogP contribution in [0.25, 0.3) is 0 Å². The third-order valence-corrected chi connectivity index (χ3v) is 7.55. The number of allylic oxidation sites excluding steroid dienone is 3. The summed E-state index contributed by atoms with van der Waals surface area (Å²) in [5.41, 5.74) is -15.8. The average molecular weight is 956 g/mol. The Morgan fingerprint density at radius 2 is 1.06 bits per heavy atom. The van der Waals surface area contributed by atoms with E-state index in [2.05, 4.69) is 18.2 Å². The van der Waals surface area contributed by atoms with Crippen LogP contribution in [-0.2, 0) is 54.6 Å². The maximum absolute atomic E-state index is 10.7. The van der Waals surface area contributed by atoms with Crippen molar-refractivity contribution >= 4 is 36.1 Å². The molecule has 3 atom stereocenters. The van der Waals surface area contributed by atoms with Gasteiger partial charge in [0.1, 0.15) is 0 Å². The summed E-state index contributed by atoms with van der Waals surface area (Å²) < 4.78 is 182. The molecular weight excluding hydrogens is 920 g/mol. The van der Waals surface area contributed by atoms with Gasteiger partial charge in [-0.25, -0.2) is 25.3 Å². The van der Waals surface area contributed by atoms with Gasteiger partial charge < -0.3 is 49.5 Å². The van der Waals surface area contributed by atoms with Crippen LogP contribution >= 0.6 is 0 Å². The van der Waals surface area contributed by atoms with E-state index in [0.717, 1.165) is 25.0 Å². The van der Waals surface area contributed by atoms with Gasteiger partial charge in [-0.05, 0) is 38.2 Å². The van der Waals surface area contributed by atoms with Crippen molar-refractivity contribution in [1.29, 1.82) is 0 Å². The van der Waals surface area contributed by atoms with Gasteiger partial charge in [-0.1, -0.05) is 12.5 Å². The van der Waals surface area contributed by atoms with E-state index in [0.29, 0.717) is 5.92 Å². The zero-order valence-corrected chi connectivity index (χ0v) is 29.4. The van der Waals surface area contributed by atoms with E-state index in [9.17, 15) is 44.6 Å². The minimum Gasteiger partial charge on any atom is -0.741 e. The van der Waals surface area contributed by atoms with Crippen molar-refractivity contribution in [3.63, 3.8) is 0 Å². The third-order valence-electron chi connectivity index (χ3n) is 5.84. The molecule has 1 unspecified atom stereocenters. The summed E-state index contributed by atoms with van der Waals surface area (Å²) in [5, 5.41) is 10.6. The van der Waals surface area contributed by atoms with E-state index in [1.165, 1.54) is 18.4 Å². The van der Waals surface area contributed by atoms with Crippen LogP contribution in [0.15, 0.2) is 23.8 Å². The standard InChI is InChI=1S/C15H21O2.3CHF3O3S.5H3N.Os/c1-14(16)8-9-15-6-3-4-12(14)13(15)10-11(17-2)5-7-15;3*2-1(3,4)8(5,6)7;;;;;;/h5,7,10,12,16H,3-4,6,8-9H2,1-2H3;3*(H,5,6,7);5*1H3;/q+1;;;;;;;;;+2/p-3/t12-,14?,15+;;;;;;;;;/m1........./s1. The average Bonchev–Trinajstić information content (AvgIpc) is 2.73. The summed E-state index contributed by atoms with van der Waals surface area (Å²) in [5.74, 6) is 1.25. The van der Waals surface area contributed by atoms with E-state index >= 15 is 0 Å². The molecule has 0 aliphatic heterocycles. The van der Waals surface area contributed by atoms with E-state index < -0.39 is 52.5 Å². The fourth-order valence-corrected chi connectivity index (χ4v) is 3.91. The first kappa shape index (κ1) is 60.9. The van der Waals surface area contributed by atoms with Crippen molar-refractivity contribution in [2.45, 2.75) is 61.2 Å². The Hall–Kier alpha value is -1.35. The fourth-order valence-electron chi connectivity index (χ4n) is 3.91. The van der Waals surface area contributed by atoms with Gasteiger partial charge in [0.25, 0.3) is 7.11 Å². The van der Waals surface area contributed by atoms with E-state index in [-0.39, 0.29) is 56.0 Å². The van der Waals surface area contributed by atoms with Crippen LogP contribution in [0.3, 0.4) is 0 Å². The molecule has 0 aromatic rings. The molecule has 0 radical (unpaired) electrons. The molecule has 0 aromatic carbocycles. The molecular formula is C18H36F9N5O11OsS3. The van der Waals surface area contributed by atoms with Gasteiger partial charge in [0.2, 0.25) is 0 Å². The van der Waals surface area contributed by atoms with Crippen LogP contribution in [0, 0.1) is 11.3 Å². The van der Waals surface area contributed by atoms with Crippen LogP contribution in [0.4, 0.5) is 39.5 Å². The second kappa shape index (κ2) is 20.4. The number of aliphatic hydroxyl groups is 1. The molecule has 0 heterocycles. The maximum Gasteiger partial charge on any atom is 2.00 e. The number of hydrogen-bond donors (Lipinski definition) is 6. The minimum absolute atomic E-state index is 0. The van der Waals surface area contributed by atoms with Crippen molar-refractivity contribution in [2.24, 2.45) is 11.3 Å². The number of ketones is 1. The maximum atomic E-state index is 10.7. The second-order valence-corrected chi connectivity index (χ2v) is 12.8. The van der Waals surface area contributed by atoms with Crippen LogP contribution in [0.2, 0.25) is 0 Å². The SMILES string of the molecule is C[O+]=C1C=C[C@]23CCC[C@H](C2=C1)C(C)(O)CC3.N.N.N.N.N.O=S(=O)([O-])C(F)(F)F.O=S(=O)([O-])C(F)(F)F.O=S(=O)([O-])C(F)(F)F.[Os+2]. The zero-order chi connectivity index (χ0) is 33.1. The second-order valence-electron chi connectivity index (χ2n) is 8.70. The molecule has 3 aliphatic rings. The summed E-state index contributed by atoms with van der Waals surface area (Å²) in [4.78, 5) is 0. The summed E-state index contributed by atoms with van der Waals surface area (Å²) in [6.45, 7) is 2.00. The van der Waals surface area contributed by atoms with Crippen molar-refractivity contribution in [2.75, 3.05) is 7.11 Å². The van der Waals surface area contributed by atoms with E-state index in [1.54, 1.807) is 7.11 Å². The number of carbonyl (C=O) groups excluding carboxylic acids is 1. The van der Waals surface area contributed by atoms with Gasteiger partial charge in [-0.2, -0.15) is 39.5 Å². The zero-order valence-electron chi connectivity index (χ0n) is 24.4. The topological polar surface area (TPSA) is 378 Å². The summed E-state index contributed by atoms with van der Waals surface area (Å²) in [6.07, 6.45) is 12.2. The van der Waals surface area contributed by atoms with E-state index in [1.807, 2.05) is 6.92 Å². The molecule has 29 heteroatoms. The van der Waals surface area contributed by atoms with Gasteiger partial charge in [0.15, 0.2) is 30.4 Å². The number of hydrogen-bond acceptors (Lipinski definition) is 15. The monoisotopic (exact) mass is 957 g/mol. The van der Waals surface area contributed by atoms with Gasteiger partial charge in [0.05, 0.1) is 5.60 Å². The molecule has 2 fully saturated rings. The van der Waals surface area contributed by atoms with Crippen molar-refractivity contribution in [3.8, 4) is 0 Å². The van der Waals surface area contributed by atoms with E-state index in [4.69, 9.17) is 43.3 Å². The Labute approximate surface area is 277 Å². The summed E-state index contributed by atoms with van der Waals surface area (Å²) in [7, 11) is -16.6. The first-order valence-corrected chi connectivity index (χ1v) is 14.7.